The van der Waals surface area contributed by atoms with Gasteiger partial charge in [-0.3, -0.25) is 9.69 Å². The monoisotopic (exact) mass is 400 g/mol. The van der Waals surface area contributed by atoms with Gasteiger partial charge in [0, 0.05) is 17.0 Å². The molecule has 1 aromatic carbocycles. The van der Waals surface area contributed by atoms with Gasteiger partial charge in [-0.2, -0.15) is 4.98 Å². The number of amides is 1. The summed E-state index contributed by atoms with van der Waals surface area (Å²) in [6, 6.07) is 10.1. The largest absolute Gasteiger partial charge is 0.350 e. The molecule has 1 atom stereocenters. The Morgan fingerprint density at radius 2 is 2.29 bits per heavy atom. The van der Waals surface area contributed by atoms with Crippen LogP contribution < -0.4 is 5.32 Å². The molecule has 0 spiro atoms. The molecule has 2 aromatic heterocycles. The number of carbonyl (C=O) groups excluding carboxylic acids is 1. The van der Waals surface area contributed by atoms with Crippen molar-refractivity contribution < 1.29 is 13.7 Å². The second-order valence-corrected chi connectivity index (χ2v) is 7.93. The number of halogens is 1. The third-order valence-electron chi connectivity index (χ3n) is 4.79. The molecule has 1 N–H and O–H groups in total. The van der Waals surface area contributed by atoms with E-state index in [1.54, 1.807) is 23.5 Å². The fourth-order valence-corrected chi connectivity index (χ4v) is 4.05. The molecule has 4 rings (SSSR count). The fourth-order valence-electron chi connectivity index (χ4n) is 3.40. The first-order chi connectivity index (χ1) is 13.7. The van der Waals surface area contributed by atoms with Gasteiger partial charge < -0.3 is 9.84 Å². The van der Waals surface area contributed by atoms with E-state index < -0.39 is 0 Å². The molecular formula is C20H21FN4O2S. The predicted molar refractivity (Wildman–Crippen MR) is 104 cm³/mol. The quantitative estimate of drug-likeness (QED) is 0.686. The molecule has 1 aliphatic heterocycles. The minimum Gasteiger partial charge on any atom is -0.350 e. The summed E-state index contributed by atoms with van der Waals surface area (Å²) in [6.45, 7) is 2.48. The van der Waals surface area contributed by atoms with Crippen molar-refractivity contribution in [1.82, 2.24) is 20.4 Å². The molecule has 146 valence electrons. The Labute approximate surface area is 166 Å². The van der Waals surface area contributed by atoms with Crippen molar-refractivity contribution in [2.75, 3.05) is 19.6 Å². The molecule has 0 aliphatic carbocycles. The molecule has 1 saturated heterocycles. The van der Waals surface area contributed by atoms with Crippen LogP contribution in [0.1, 0.15) is 29.5 Å². The highest BCUT2D eigenvalue weighted by Gasteiger charge is 2.27. The normalized spacial score (nSPS) is 17.5. The number of hydrogen-bond acceptors (Lipinski definition) is 6. The van der Waals surface area contributed by atoms with E-state index in [-0.39, 0.29) is 17.6 Å². The maximum Gasteiger partial charge on any atom is 0.234 e. The van der Waals surface area contributed by atoms with E-state index in [1.807, 2.05) is 17.5 Å². The standard InChI is InChI=1S/C20H21FN4O2S/c21-16-6-1-4-14(10-16)19-23-20(27-24-19)15-5-2-8-25(12-15)13-18(26)22-11-17-7-3-9-28-17/h1,3-4,6-7,9-10,15H,2,5,8,11-13H2,(H,22,26). The maximum absolute atomic E-state index is 13.4. The lowest BCUT2D eigenvalue weighted by molar-refractivity contribution is -0.122. The zero-order valence-corrected chi connectivity index (χ0v) is 16.1. The third kappa shape index (κ3) is 4.63. The zero-order valence-electron chi connectivity index (χ0n) is 15.3. The summed E-state index contributed by atoms with van der Waals surface area (Å²) in [4.78, 5) is 19.9. The summed E-state index contributed by atoms with van der Waals surface area (Å²) in [6.07, 6.45) is 1.89. The number of nitrogens with zero attached hydrogens (tertiary/aromatic N) is 3. The summed E-state index contributed by atoms with van der Waals surface area (Å²) in [5.41, 5.74) is 0.593. The Kier molecular flexibility index (Phi) is 5.78. The number of piperidine rings is 1. The molecule has 0 saturated carbocycles. The van der Waals surface area contributed by atoms with Crippen molar-refractivity contribution in [3.8, 4) is 11.4 Å². The van der Waals surface area contributed by atoms with Gasteiger partial charge in [-0.1, -0.05) is 23.4 Å². The first kappa shape index (κ1) is 18.8. The first-order valence-electron chi connectivity index (χ1n) is 9.28. The van der Waals surface area contributed by atoms with Crippen molar-refractivity contribution in [2.45, 2.75) is 25.3 Å². The molecule has 6 nitrogen and oxygen atoms in total. The summed E-state index contributed by atoms with van der Waals surface area (Å²) in [7, 11) is 0. The van der Waals surface area contributed by atoms with Crippen molar-refractivity contribution in [2.24, 2.45) is 0 Å². The van der Waals surface area contributed by atoms with Gasteiger partial charge in [-0.15, -0.1) is 11.3 Å². The molecule has 1 unspecified atom stereocenters. The minimum absolute atomic E-state index is 0.0139. The molecule has 1 amide bonds. The number of thiophene rings is 1. The molecule has 3 heterocycles. The van der Waals surface area contributed by atoms with Crippen molar-refractivity contribution in [1.29, 1.82) is 0 Å². The predicted octanol–water partition coefficient (Wildman–Crippen LogP) is 3.43. The van der Waals surface area contributed by atoms with Gasteiger partial charge in [0.2, 0.25) is 17.6 Å². The van der Waals surface area contributed by atoms with Crippen molar-refractivity contribution in [3.63, 3.8) is 0 Å². The van der Waals surface area contributed by atoms with Crippen LogP contribution >= 0.6 is 11.3 Å². The minimum atomic E-state index is -0.332. The SMILES string of the molecule is O=C(CN1CCCC(c2nc(-c3cccc(F)c3)no2)C1)NCc1cccs1. The van der Waals surface area contributed by atoms with Crippen LogP contribution in [-0.4, -0.2) is 40.6 Å². The molecule has 28 heavy (non-hydrogen) atoms. The fraction of sp³-hybridized carbons (Fsp3) is 0.350. The van der Waals surface area contributed by atoms with Gasteiger partial charge in [-0.25, -0.2) is 4.39 Å². The van der Waals surface area contributed by atoms with E-state index in [4.69, 9.17) is 4.52 Å². The van der Waals surface area contributed by atoms with E-state index in [9.17, 15) is 9.18 Å². The number of benzene rings is 1. The summed E-state index contributed by atoms with van der Waals surface area (Å²) < 4.78 is 18.8. The van der Waals surface area contributed by atoms with Gasteiger partial charge in [0.25, 0.3) is 0 Å². The first-order valence-corrected chi connectivity index (χ1v) is 10.2. The van der Waals surface area contributed by atoms with E-state index in [1.165, 1.54) is 12.1 Å². The highest BCUT2D eigenvalue weighted by molar-refractivity contribution is 7.09. The van der Waals surface area contributed by atoms with E-state index >= 15 is 0 Å². The molecule has 8 heteroatoms. The Morgan fingerprint density at radius 3 is 3.11 bits per heavy atom. The van der Waals surface area contributed by atoms with Gasteiger partial charge in [0.1, 0.15) is 5.82 Å². The van der Waals surface area contributed by atoms with Crippen LogP contribution in [0.3, 0.4) is 0 Å². The Balaban J connectivity index is 1.34. The van der Waals surface area contributed by atoms with Gasteiger partial charge in [0.05, 0.1) is 19.0 Å². The van der Waals surface area contributed by atoms with E-state index in [0.29, 0.717) is 36.9 Å². The number of likely N-dealkylation sites (tertiary alicyclic amines) is 1. The average Bonchev–Trinajstić information content (AvgIpc) is 3.39. The van der Waals surface area contributed by atoms with Gasteiger partial charge in [0.15, 0.2) is 0 Å². The molecule has 0 radical (unpaired) electrons. The summed E-state index contributed by atoms with van der Waals surface area (Å²) in [5.74, 6) is 0.693. The highest BCUT2D eigenvalue weighted by atomic mass is 32.1. The van der Waals surface area contributed by atoms with Crippen LogP contribution in [-0.2, 0) is 11.3 Å². The number of aromatic nitrogens is 2. The van der Waals surface area contributed by atoms with Gasteiger partial charge >= 0.3 is 0 Å². The molecular weight excluding hydrogens is 379 g/mol. The lowest BCUT2D eigenvalue weighted by atomic mass is 9.98. The van der Waals surface area contributed by atoms with Crippen molar-refractivity contribution >= 4 is 17.2 Å². The van der Waals surface area contributed by atoms with Crippen LogP contribution in [0.2, 0.25) is 0 Å². The topological polar surface area (TPSA) is 71.3 Å². The van der Waals surface area contributed by atoms with Gasteiger partial charge in [-0.05, 0) is 43.0 Å². The van der Waals surface area contributed by atoms with Crippen LogP contribution in [0, 0.1) is 5.82 Å². The van der Waals surface area contributed by atoms with Crippen LogP contribution in [0.15, 0.2) is 46.3 Å². The molecule has 1 aliphatic rings. The molecule has 0 bridgehead atoms. The second-order valence-electron chi connectivity index (χ2n) is 6.90. The summed E-state index contributed by atoms with van der Waals surface area (Å²) >= 11 is 1.63. The smallest absolute Gasteiger partial charge is 0.234 e. The Bertz CT molecular complexity index is 928. The van der Waals surface area contributed by atoms with E-state index in [0.717, 1.165) is 24.3 Å². The average molecular weight is 400 g/mol. The van der Waals surface area contributed by atoms with Crippen molar-refractivity contribution in [3.05, 3.63) is 58.4 Å². The van der Waals surface area contributed by atoms with Crippen LogP contribution in [0.4, 0.5) is 4.39 Å². The Morgan fingerprint density at radius 1 is 1.36 bits per heavy atom. The Hall–Kier alpha value is -2.58. The number of carbonyl (C=O) groups is 1. The second kappa shape index (κ2) is 8.62. The van der Waals surface area contributed by atoms with E-state index in [2.05, 4.69) is 20.4 Å². The lowest BCUT2D eigenvalue weighted by Crippen LogP contribution is -2.41. The molecule has 1 fully saturated rings. The number of nitrogens with one attached hydrogen (secondary N) is 1. The molecule has 3 aromatic rings. The lowest BCUT2D eigenvalue weighted by Gasteiger charge is -2.30. The van der Waals surface area contributed by atoms with Crippen LogP contribution in [0.25, 0.3) is 11.4 Å². The summed E-state index contributed by atoms with van der Waals surface area (Å²) in [5, 5.41) is 8.96. The maximum atomic E-state index is 13.4. The third-order valence-corrected chi connectivity index (χ3v) is 5.66. The zero-order chi connectivity index (χ0) is 19.3. The number of rotatable bonds is 6. The highest BCUT2D eigenvalue weighted by Crippen LogP contribution is 2.27. The number of hydrogen-bond donors (Lipinski definition) is 1. The van der Waals surface area contributed by atoms with Crippen LogP contribution in [0.5, 0.6) is 0 Å².